The molecular formula is C9H10N2O2. The number of esters is 1. The van der Waals surface area contributed by atoms with Crippen LogP contribution in [-0.2, 0) is 9.53 Å². The molecule has 4 heteroatoms. The van der Waals surface area contributed by atoms with Gasteiger partial charge in [-0.1, -0.05) is 13.8 Å². The standard InChI is InChI=1S/C9H10N2O2/c1-7(2)6-13-9(12)3-8(4-10)5-11/h3,7H,6H2,1-2H3. The Morgan fingerprint density at radius 1 is 1.46 bits per heavy atom. The van der Waals surface area contributed by atoms with Crippen LogP contribution in [0.1, 0.15) is 13.8 Å². The van der Waals surface area contributed by atoms with Gasteiger partial charge in [0.05, 0.1) is 12.7 Å². The second-order valence-corrected chi connectivity index (χ2v) is 2.81. The molecule has 0 amide bonds. The van der Waals surface area contributed by atoms with E-state index in [0.29, 0.717) is 6.61 Å². The van der Waals surface area contributed by atoms with Gasteiger partial charge in [0.2, 0.25) is 0 Å². The molecule has 0 unspecified atom stereocenters. The maximum Gasteiger partial charge on any atom is 0.332 e. The lowest BCUT2D eigenvalue weighted by atomic mass is 10.2. The minimum Gasteiger partial charge on any atom is -0.462 e. The van der Waals surface area contributed by atoms with Crippen LogP contribution in [0.5, 0.6) is 0 Å². The zero-order chi connectivity index (χ0) is 10.3. The monoisotopic (exact) mass is 178 g/mol. The number of hydrogen-bond acceptors (Lipinski definition) is 4. The van der Waals surface area contributed by atoms with Crippen LogP contribution < -0.4 is 0 Å². The summed E-state index contributed by atoms with van der Waals surface area (Å²) in [5, 5.41) is 16.6. The Bertz CT molecular complexity index is 276. The van der Waals surface area contributed by atoms with Gasteiger partial charge < -0.3 is 4.74 Å². The summed E-state index contributed by atoms with van der Waals surface area (Å²) in [6.07, 6.45) is 0.891. The van der Waals surface area contributed by atoms with Crippen molar-refractivity contribution in [1.82, 2.24) is 0 Å². The Balaban J connectivity index is 4.10. The van der Waals surface area contributed by atoms with Crippen molar-refractivity contribution in [3.63, 3.8) is 0 Å². The molecule has 0 saturated heterocycles. The molecule has 0 saturated carbocycles. The van der Waals surface area contributed by atoms with Gasteiger partial charge in [-0.05, 0) is 5.92 Å². The lowest BCUT2D eigenvalue weighted by Gasteiger charge is -2.03. The summed E-state index contributed by atoms with van der Waals surface area (Å²) in [7, 11) is 0. The first-order chi connectivity index (χ1) is 6.10. The first-order valence-corrected chi connectivity index (χ1v) is 3.78. The Hall–Kier alpha value is -1.81. The minimum absolute atomic E-state index is 0.241. The van der Waals surface area contributed by atoms with Crippen LogP contribution >= 0.6 is 0 Å². The van der Waals surface area contributed by atoms with Crippen LogP contribution in [-0.4, -0.2) is 12.6 Å². The fourth-order valence-corrected chi connectivity index (χ4v) is 0.498. The summed E-state index contributed by atoms with van der Waals surface area (Å²) < 4.78 is 4.72. The highest BCUT2D eigenvalue weighted by Crippen LogP contribution is 1.96. The molecule has 13 heavy (non-hydrogen) atoms. The van der Waals surface area contributed by atoms with Gasteiger partial charge in [-0.15, -0.1) is 0 Å². The highest BCUT2D eigenvalue weighted by Gasteiger charge is 2.02. The van der Waals surface area contributed by atoms with Crippen molar-refractivity contribution < 1.29 is 9.53 Å². The molecule has 0 aliphatic heterocycles. The van der Waals surface area contributed by atoms with Gasteiger partial charge in [0.15, 0.2) is 0 Å². The summed E-state index contributed by atoms with van der Waals surface area (Å²) in [5.74, 6) is -0.406. The molecule has 0 fully saturated rings. The Morgan fingerprint density at radius 2 is 2.00 bits per heavy atom. The quantitative estimate of drug-likeness (QED) is 0.369. The van der Waals surface area contributed by atoms with E-state index < -0.39 is 5.97 Å². The SMILES string of the molecule is CC(C)COC(=O)C=C(C#N)C#N. The van der Waals surface area contributed by atoms with Gasteiger partial charge in [0.25, 0.3) is 0 Å². The second-order valence-electron chi connectivity index (χ2n) is 2.81. The van der Waals surface area contributed by atoms with E-state index in [1.165, 1.54) is 0 Å². The lowest BCUT2D eigenvalue weighted by Crippen LogP contribution is -2.07. The van der Waals surface area contributed by atoms with Crippen molar-refractivity contribution in [2.45, 2.75) is 13.8 Å². The number of rotatable bonds is 3. The van der Waals surface area contributed by atoms with Crippen LogP contribution in [0.2, 0.25) is 0 Å². The van der Waals surface area contributed by atoms with Crippen LogP contribution in [0.15, 0.2) is 11.6 Å². The first kappa shape index (κ1) is 11.2. The summed E-state index contributed by atoms with van der Waals surface area (Å²) in [4.78, 5) is 10.9. The van der Waals surface area contributed by atoms with Crippen molar-refractivity contribution >= 4 is 5.97 Å². The molecule has 0 heterocycles. The van der Waals surface area contributed by atoms with E-state index in [4.69, 9.17) is 15.3 Å². The number of nitrogens with zero attached hydrogens (tertiary/aromatic N) is 2. The molecule has 0 spiro atoms. The van der Waals surface area contributed by atoms with E-state index in [1.54, 1.807) is 12.1 Å². The van der Waals surface area contributed by atoms with E-state index in [2.05, 4.69) is 0 Å². The van der Waals surface area contributed by atoms with Crippen molar-refractivity contribution in [1.29, 1.82) is 10.5 Å². The number of carbonyl (C=O) groups is 1. The second kappa shape index (κ2) is 5.79. The normalized spacial score (nSPS) is 8.38. The summed E-state index contributed by atoms with van der Waals surface area (Å²) in [5.41, 5.74) is -0.242. The number of nitriles is 2. The van der Waals surface area contributed by atoms with E-state index >= 15 is 0 Å². The fourth-order valence-electron chi connectivity index (χ4n) is 0.498. The molecule has 4 nitrogen and oxygen atoms in total. The van der Waals surface area contributed by atoms with E-state index in [1.807, 2.05) is 13.8 Å². The average Bonchev–Trinajstić information content (AvgIpc) is 2.10. The molecule has 0 atom stereocenters. The Labute approximate surface area is 77.0 Å². The molecular weight excluding hydrogens is 168 g/mol. The molecule has 68 valence electrons. The van der Waals surface area contributed by atoms with Crippen molar-refractivity contribution in [2.24, 2.45) is 5.92 Å². The van der Waals surface area contributed by atoms with E-state index in [-0.39, 0.29) is 11.5 Å². The average molecular weight is 178 g/mol. The predicted molar refractivity (Wildman–Crippen MR) is 45.1 cm³/mol. The molecule has 0 N–H and O–H groups in total. The molecule has 0 radical (unpaired) electrons. The van der Waals surface area contributed by atoms with Crippen molar-refractivity contribution in [3.05, 3.63) is 11.6 Å². The number of hydrogen-bond donors (Lipinski definition) is 0. The molecule has 0 aliphatic rings. The number of allylic oxidation sites excluding steroid dienone is 1. The summed E-state index contributed by atoms with van der Waals surface area (Å²) >= 11 is 0. The molecule has 0 rings (SSSR count). The number of ether oxygens (including phenoxy) is 1. The molecule has 0 aromatic heterocycles. The molecule has 0 aromatic carbocycles. The maximum absolute atomic E-state index is 10.9. The highest BCUT2D eigenvalue weighted by atomic mass is 16.5. The smallest absolute Gasteiger partial charge is 0.332 e. The zero-order valence-corrected chi connectivity index (χ0v) is 7.57. The van der Waals surface area contributed by atoms with Crippen LogP contribution in [0.3, 0.4) is 0 Å². The third kappa shape index (κ3) is 5.46. The molecule has 0 bridgehead atoms. The van der Waals surface area contributed by atoms with E-state index in [9.17, 15) is 4.79 Å². The van der Waals surface area contributed by atoms with Crippen LogP contribution in [0, 0.1) is 28.6 Å². The van der Waals surface area contributed by atoms with Gasteiger partial charge in [0, 0.05) is 0 Å². The topological polar surface area (TPSA) is 73.9 Å². The third-order valence-corrected chi connectivity index (χ3v) is 1.06. The van der Waals surface area contributed by atoms with Crippen molar-refractivity contribution in [2.75, 3.05) is 6.61 Å². The van der Waals surface area contributed by atoms with Gasteiger partial charge in [-0.25, -0.2) is 4.79 Å². The predicted octanol–water partition coefficient (Wildman–Crippen LogP) is 1.16. The van der Waals surface area contributed by atoms with Gasteiger partial charge in [0.1, 0.15) is 17.7 Å². The highest BCUT2D eigenvalue weighted by molar-refractivity contribution is 5.84. The fraction of sp³-hybridized carbons (Fsp3) is 0.444. The largest absolute Gasteiger partial charge is 0.462 e. The Kier molecular flexibility index (Phi) is 4.99. The Morgan fingerprint density at radius 3 is 2.38 bits per heavy atom. The molecule has 0 aliphatic carbocycles. The number of carbonyl (C=O) groups excluding carboxylic acids is 1. The zero-order valence-electron chi connectivity index (χ0n) is 7.57. The first-order valence-electron chi connectivity index (χ1n) is 3.78. The van der Waals surface area contributed by atoms with Crippen molar-refractivity contribution in [3.8, 4) is 12.1 Å². The van der Waals surface area contributed by atoms with E-state index in [0.717, 1.165) is 6.08 Å². The lowest BCUT2D eigenvalue weighted by molar-refractivity contribution is -0.138. The van der Waals surface area contributed by atoms with Gasteiger partial charge in [-0.2, -0.15) is 10.5 Å². The van der Waals surface area contributed by atoms with Crippen LogP contribution in [0.25, 0.3) is 0 Å². The molecule has 0 aromatic rings. The minimum atomic E-state index is -0.646. The van der Waals surface area contributed by atoms with Crippen LogP contribution in [0.4, 0.5) is 0 Å². The third-order valence-electron chi connectivity index (χ3n) is 1.06. The summed E-state index contributed by atoms with van der Waals surface area (Å²) in [6, 6.07) is 3.14. The summed E-state index contributed by atoms with van der Waals surface area (Å²) in [6.45, 7) is 4.08. The van der Waals surface area contributed by atoms with Gasteiger partial charge in [-0.3, -0.25) is 0 Å². The maximum atomic E-state index is 10.9. The van der Waals surface area contributed by atoms with Gasteiger partial charge >= 0.3 is 5.97 Å².